The molecule has 0 spiro atoms. The molecule has 0 saturated carbocycles. The van der Waals surface area contributed by atoms with Crippen LogP contribution in [0.25, 0.3) is 86.3 Å². The number of furan rings is 2. The van der Waals surface area contributed by atoms with Gasteiger partial charge >= 0.3 is 7.48 Å². The maximum absolute atomic E-state index is 9.93. The third-order valence-electron chi connectivity index (χ3n) is 8.29. The van der Waals surface area contributed by atoms with Gasteiger partial charge in [-0.3, -0.25) is 0 Å². The predicted molar refractivity (Wildman–Crippen MR) is 174 cm³/mol. The van der Waals surface area contributed by atoms with Crippen LogP contribution in [0.2, 0.25) is 0 Å². The highest BCUT2D eigenvalue weighted by Gasteiger charge is 2.20. The van der Waals surface area contributed by atoms with E-state index in [1.54, 1.807) is 0 Å². The summed E-state index contributed by atoms with van der Waals surface area (Å²) in [6.07, 6.45) is 0. The topological polar surface area (TPSA) is 46.5 Å². The zero-order valence-corrected chi connectivity index (χ0v) is 22.7. The Morgan fingerprint density at radius 2 is 0.927 bits per heavy atom. The van der Waals surface area contributed by atoms with Crippen LogP contribution in [0.5, 0.6) is 0 Å². The summed E-state index contributed by atoms with van der Waals surface area (Å²) in [5.41, 5.74) is 8.71. The summed E-state index contributed by atoms with van der Waals surface area (Å²) in [6, 6.07) is 40.1. The van der Waals surface area contributed by atoms with Crippen molar-refractivity contribution in [3.63, 3.8) is 0 Å². The second kappa shape index (κ2) is 8.58. The quantitative estimate of drug-likeness (QED) is 0.226. The van der Waals surface area contributed by atoms with Crippen molar-refractivity contribution in [2.24, 2.45) is 0 Å². The van der Waals surface area contributed by atoms with Gasteiger partial charge < -0.3 is 13.9 Å². The van der Waals surface area contributed by atoms with Crippen molar-refractivity contribution < 1.29 is 13.9 Å². The van der Waals surface area contributed by atoms with Crippen LogP contribution in [0.4, 0.5) is 0 Å². The molecule has 0 bridgehead atoms. The van der Waals surface area contributed by atoms with E-state index in [0.717, 1.165) is 66.0 Å². The summed E-state index contributed by atoms with van der Waals surface area (Å²) >= 11 is 1.82. The molecule has 0 radical (unpaired) electrons. The second-order valence-corrected chi connectivity index (χ2v) is 11.5. The lowest BCUT2D eigenvalue weighted by atomic mass is 9.87. The molecule has 9 rings (SSSR count). The summed E-state index contributed by atoms with van der Waals surface area (Å²) in [5, 5.41) is 16.7. The smallest absolute Gasteiger partial charge is 0.308 e. The largest absolute Gasteiger partial charge is 0.456 e. The SMILES string of the molecule is OBc1cccc2c1oc1c(-c3cccc4c3sc3c(-c5cccc6c5oc5ccccc56)cccc34)cccc12. The normalized spacial score (nSPS) is 12.0. The van der Waals surface area contributed by atoms with Crippen LogP contribution in [-0.4, -0.2) is 12.5 Å². The van der Waals surface area contributed by atoms with E-state index >= 15 is 0 Å². The molecule has 0 atom stereocenters. The molecule has 3 heterocycles. The molecule has 5 heteroatoms. The second-order valence-electron chi connectivity index (χ2n) is 10.5. The Kier molecular flexibility index (Phi) is 4.80. The predicted octanol–water partition coefficient (Wildman–Crippen LogP) is 9.16. The number of thiophene rings is 1. The molecule has 1 N–H and O–H groups in total. The summed E-state index contributed by atoms with van der Waals surface area (Å²) in [4.78, 5) is 0. The molecule has 3 nitrogen and oxygen atoms in total. The fraction of sp³-hybridized carbons (Fsp3) is 0. The van der Waals surface area contributed by atoms with Gasteiger partial charge in [0.15, 0.2) is 0 Å². The Morgan fingerprint density at radius 1 is 0.439 bits per heavy atom. The third kappa shape index (κ3) is 3.19. The molecule has 9 aromatic rings. The molecular formula is C36H21BO3S. The number of para-hydroxylation sites is 4. The summed E-state index contributed by atoms with van der Waals surface area (Å²) in [6.45, 7) is 0. The summed E-state index contributed by atoms with van der Waals surface area (Å²) in [5.74, 6) is 0. The zero-order chi connectivity index (χ0) is 27.1. The Labute approximate surface area is 239 Å². The maximum Gasteiger partial charge on any atom is 0.308 e. The number of fused-ring (bicyclic) bond motifs is 9. The van der Waals surface area contributed by atoms with Crippen LogP contribution in [0.1, 0.15) is 0 Å². The zero-order valence-electron chi connectivity index (χ0n) is 21.8. The highest BCUT2D eigenvalue weighted by atomic mass is 32.1. The van der Waals surface area contributed by atoms with E-state index in [-0.39, 0.29) is 7.48 Å². The average Bonchev–Trinajstić information content (AvgIpc) is 3.72. The number of hydrogen-bond acceptors (Lipinski definition) is 4. The van der Waals surface area contributed by atoms with E-state index in [1.165, 1.54) is 25.7 Å². The Balaban J connectivity index is 1.33. The Hall–Kier alpha value is -4.84. The maximum atomic E-state index is 9.93. The van der Waals surface area contributed by atoms with Crippen molar-refractivity contribution >= 4 is 88.3 Å². The van der Waals surface area contributed by atoms with Gasteiger partial charge in [-0.25, -0.2) is 0 Å². The Morgan fingerprint density at radius 3 is 1.59 bits per heavy atom. The van der Waals surface area contributed by atoms with E-state index in [1.807, 2.05) is 35.6 Å². The molecule has 0 aliphatic heterocycles. The lowest BCUT2D eigenvalue weighted by Crippen LogP contribution is -2.12. The van der Waals surface area contributed by atoms with Crippen LogP contribution < -0.4 is 5.46 Å². The van der Waals surface area contributed by atoms with Crippen LogP contribution in [0, 0.1) is 0 Å². The minimum absolute atomic E-state index is 0.0564. The molecule has 0 saturated heterocycles. The first-order valence-corrected chi connectivity index (χ1v) is 14.5. The molecule has 3 aromatic heterocycles. The van der Waals surface area contributed by atoms with Crippen LogP contribution in [0.3, 0.4) is 0 Å². The van der Waals surface area contributed by atoms with Crippen LogP contribution >= 0.6 is 11.3 Å². The Bertz CT molecular complexity index is 2480. The standard InChI is InChI=1S/C36H21BO3S/c38-37-30-18-7-13-23-22-10-4-12-25(33(22)40-34(23)30)27-15-6-17-29-28-16-5-14-26(35(28)41-36(27)29)24-11-3-9-21-20-8-1-2-19-31(20)39-32(21)24/h1-19,37-38H. The van der Waals surface area contributed by atoms with Gasteiger partial charge in [0, 0.05) is 64.0 Å². The van der Waals surface area contributed by atoms with Gasteiger partial charge in [-0.05, 0) is 11.5 Å². The lowest BCUT2D eigenvalue weighted by Gasteiger charge is -2.04. The average molecular weight is 544 g/mol. The van der Waals surface area contributed by atoms with E-state index < -0.39 is 0 Å². The fourth-order valence-corrected chi connectivity index (χ4v) is 7.77. The van der Waals surface area contributed by atoms with E-state index in [2.05, 4.69) is 91.0 Å². The first-order chi connectivity index (χ1) is 20.3. The molecule has 0 aliphatic carbocycles. The number of hydrogen-bond donors (Lipinski definition) is 1. The number of benzene rings is 6. The third-order valence-corrected chi connectivity index (χ3v) is 9.57. The fourth-order valence-electron chi connectivity index (χ4n) is 6.42. The van der Waals surface area contributed by atoms with Crippen LogP contribution in [-0.2, 0) is 0 Å². The first-order valence-electron chi connectivity index (χ1n) is 13.7. The van der Waals surface area contributed by atoms with Gasteiger partial charge in [-0.15, -0.1) is 11.3 Å². The van der Waals surface area contributed by atoms with Gasteiger partial charge in [0.25, 0.3) is 0 Å². The van der Waals surface area contributed by atoms with Crippen molar-refractivity contribution in [3.05, 3.63) is 115 Å². The van der Waals surface area contributed by atoms with Gasteiger partial charge in [-0.1, -0.05) is 109 Å². The van der Waals surface area contributed by atoms with Crippen molar-refractivity contribution in [2.75, 3.05) is 0 Å². The van der Waals surface area contributed by atoms with Crippen molar-refractivity contribution in [2.45, 2.75) is 0 Å². The summed E-state index contributed by atoms with van der Waals surface area (Å²) < 4.78 is 15.4. The molecule has 0 aliphatic rings. The molecule has 41 heavy (non-hydrogen) atoms. The highest BCUT2D eigenvalue weighted by Crippen LogP contribution is 2.47. The molecule has 192 valence electrons. The van der Waals surface area contributed by atoms with Gasteiger partial charge in [0.2, 0.25) is 0 Å². The molecular weight excluding hydrogens is 523 g/mol. The van der Waals surface area contributed by atoms with Gasteiger partial charge in [0.05, 0.1) is 0 Å². The van der Waals surface area contributed by atoms with Gasteiger partial charge in [0.1, 0.15) is 22.3 Å². The molecule has 0 amide bonds. The van der Waals surface area contributed by atoms with Crippen molar-refractivity contribution in [3.8, 4) is 22.3 Å². The van der Waals surface area contributed by atoms with E-state index in [9.17, 15) is 5.02 Å². The summed E-state index contributed by atoms with van der Waals surface area (Å²) in [7, 11) is -0.0564. The monoisotopic (exact) mass is 544 g/mol. The lowest BCUT2D eigenvalue weighted by molar-refractivity contribution is 0.613. The van der Waals surface area contributed by atoms with Crippen molar-refractivity contribution in [1.29, 1.82) is 0 Å². The highest BCUT2D eigenvalue weighted by molar-refractivity contribution is 7.26. The van der Waals surface area contributed by atoms with Crippen molar-refractivity contribution in [1.82, 2.24) is 0 Å². The first kappa shape index (κ1) is 22.9. The minimum Gasteiger partial charge on any atom is -0.456 e. The molecule has 0 fully saturated rings. The molecule has 0 unspecified atom stereocenters. The van der Waals surface area contributed by atoms with Crippen LogP contribution in [0.15, 0.2) is 124 Å². The number of rotatable bonds is 3. The minimum atomic E-state index is -0.0564. The van der Waals surface area contributed by atoms with Gasteiger partial charge in [-0.2, -0.15) is 0 Å². The molecule has 6 aromatic carbocycles. The van der Waals surface area contributed by atoms with E-state index in [0.29, 0.717) is 0 Å². The van der Waals surface area contributed by atoms with E-state index in [4.69, 9.17) is 8.83 Å².